The number of amides is 1. The Hall–Kier alpha value is -2.12. The summed E-state index contributed by atoms with van der Waals surface area (Å²) in [6.07, 6.45) is 2.54. The standard InChI is InChI=1S/C21H34N4O3/c1-3-27-10-11-28-16-19-7-4-6-17(12-19)14-24-21(23-2)25-9-5-8-18(15-25)13-20(22)26/h4,6-7,12,18H,3,5,8-11,13-16H2,1-2H3,(H2,22,26)(H,23,24). The van der Waals surface area contributed by atoms with Crippen LogP contribution < -0.4 is 11.1 Å². The largest absolute Gasteiger partial charge is 0.379 e. The quantitative estimate of drug-likeness (QED) is 0.362. The SMILES string of the molecule is CCOCCOCc1cccc(CNC(=NC)N2CCCC(CC(N)=O)C2)c1. The fourth-order valence-corrected chi connectivity index (χ4v) is 3.50. The summed E-state index contributed by atoms with van der Waals surface area (Å²) < 4.78 is 10.9. The van der Waals surface area contributed by atoms with Crippen molar-refractivity contribution in [1.82, 2.24) is 10.2 Å². The molecule has 1 aromatic rings. The summed E-state index contributed by atoms with van der Waals surface area (Å²) in [5.74, 6) is 0.949. The van der Waals surface area contributed by atoms with Crippen LogP contribution in [-0.4, -0.2) is 56.7 Å². The van der Waals surface area contributed by atoms with Gasteiger partial charge in [0.25, 0.3) is 0 Å². The van der Waals surface area contributed by atoms with Crippen LogP contribution in [0.15, 0.2) is 29.3 Å². The van der Waals surface area contributed by atoms with Crippen molar-refractivity contribution in [1.29, 1.82) is 0 Å². The zero-order valence-corrected chi connectivity index (χ0v) is 17.2. The first kappa shape index (κ1) is 22.2. The van der Waals surface area contributed by atoms with E-state index in [1.165, 1.54) is 5.56 Å². The Morgan fingerprint density at radius 2 is 2.11 bits per heavy atom. The van der Waals surface area contributed by atoms with Gasteiger partial charge in [-0.25, -0.2) is 0 Å². The Morgan fingerprint density at radius 1 is 1.32 bits per heavy atom. The lowest BCUT2D eigenvalue weighted by atomic mass is 9.95. The zero-order chi connectivity index (χ0) is 20.2. The van der Waals surface area contributed by atoms with Crippen molar-refractivity contribution < 1.29 is 14.3 Å². The van der Waals surface area contributed by atoms with E-state index in [9.17, 15) is 4.79 Å². The molecule has 0 bridgehead atoms. The smallest absolute Gasteiger partial charge is 0.217 e. The molecule has 1 aliphatic heterocycles. The molecule has 0 aromatic heterocycles. The first-order valence-corrected chi connectivity index (χ1v) is 10.1. The fraction of sp³-hybridized carbons (Fsp3) is 0.619. The molecule has 0 spiro atoms. The minimum Gasteiger partial charge on any atom is -0.379 e. The maximum absolute atomic E-state index is 11.2. The van der Waals surface area contributed by atoms with Gasteiger partial charge in [0.15, 0.2) is 5.96 Å². The van der Waals surface area contributed by atoms with Crippen molar-refractivity contribution in [3.63, 3.8) is 0 Å². The predicted octanol–water partition coefficient (Wildman–Crippen LogP) is 1.90. The molecule has 1 fully saturated rings. The molecule has 1 aromatic carbocycles. The third-order valence-electron chi connectivity index (χ3n) is 4.81. The van der Waals surface area contributed by atoms with Gasteiger partial charge in [0.2, 0.25) is 5.91 Å². The summed E-state index contributed by atoms with van der Waals surface area (Å²) >= 11 is 0. The number of benzene rings is 1. The molecule has 1 unspecified atom stereocenters. The lowest BCUT2D eigenvalue weighted by molar-refractivity contribution is -0.119. The molecule has 7 nitrogen and oxygen atoms in total. The highest BCUT2D eigenvalue weighted by atomic mass is 16.5. The van der Waals surface area contributed by atoms with Gasteiger partial charge in [-0.1, -0.05) is 24.3 Å². The third kappa shape index (κ3) is 7.86. The molecule has 7 heteroatoms. The number of piperidine rings is 1. The molecular formula is C21H34N4O3. The van der Waals surface area contributed by atoms with Crippen molar-refractivity contribution in [3.8, 4) is 0 Å². The molecule has 1 amide bonds. The highest BCUT2D eigenvalue weighted by Gasteiger charge is 2.23. The topological polar surface area (TPSA) is 89.2 Å². The van der Waals surface area contributed by atoms with E-state index < -0.39 is 0 Å². The number of hydrogen-bond acceptors (Lipinski definition) is 4. The van der Waals surface area contributed by atoms with Gasteiger partial charge in [-0.05, 0) is 36.8 Å². The molecule has 28 heavy (non-hydrogen) atoms. The van der Waals surface area contributed by atoms with Gasteiger partial charge < -0.3 is 25.4 Å². The fourth-order valence-electron chi connectivity index (χ4n) is 3.50. The highest BCUT2D eigenvalue weighted by Crippen LogP contribution is 2.19. The number of ether oxygens (including phenoxy) is 2. The molecule has 0 saturated carbocycles. The summed E-state index contributed by atoms with van der Waals surface area (Å²) in [5.41, 5.74) is 7.69. The van der Waals surface area contributed by atoms with Crippen molar-refractivity contribution in [2.75, 3.05) is 40.0 Å². The van der Waals surface area contributed by atoms with Crippen LogP contribution in [-0.2, 0) is 27.4 Å². The number of carbonyl (C=O) groups is 1. The van der Waals surface area contributed by atoms with Crippen LogP contribution >= 0.6 is 0 Å². The minimum atomic E-state index is -0.227. The summed E-state index contributed by atoms with van der Waals surface area (Å²) in [4.78, 5) is 17.9. The van der Waals surface area contributed by atoms with Crippen LogP contribution in [0.5, 0.6) is 0 Å². The molecule has 0 radical (unpaired) electrons. The van der Waals surface area contributed by atoms with Crippen LogP contribution in [0.4, 0.5) is 0 Å². The second-order valence-corrected chi connectivity index (χ2v) is 7.09. The maximum Gasteiger partial charge on any atom is 0.217 e. The van der Waals surface area contributed by atoms with Gasteiger partial charge in [0.05, 0.1) is 19.8 Å². The van der Waals surface area contributed by atoms with E-state index in [4.69, 9.17) is 15.2 Å². The summed E-state index contributed by atoms with van der Waals surface area (Å²) in [6.45, 7) is 6.95. The third-order valence-corrected chi connectivity index (χ3v) is 4.81. The van der Waals surface area contributed by atoms with Gasteiger partial charge >= 0.3 is 0 Å². The maximum atomic E-state index is 11.2. The molecule has 156 valence electrons. The van der Waals surface area contributed by atoms with E-state index in [-0.39, 0.29) is 5.91 Å². The lowest BCUT2D eigenvalue weighted by Gasteiger charge is -2.34. The number of hydrogen-bond donors (Lipinski definition) is 2. The number of nitrogens with one attached hydrogen (secondary N) is 1. The number of nitrogens with two attached hydrogens (primary N) is 1. The number of likely N-dealkylation sites (tertiary alicyclic amines) is 1. The van der Waals surface area contributed by atoms with Gasteiger partial charge in [-0.3, -0.25) is 9.79 Å². The Kier molecular flexibility index (Phi) is 9.79. The Morgan fingerprint density at radius 3 is 2.86 bits per heavy atom. The highest BCUT2D eigenvalue weighted by molar-refractivity contribution is 5.80. The van der Waals surface area contributed by atoms with Crippen LogP contribution in [0.25, 0.3) is 0 Å². The average Bonchev–Trinajstić information content (AvgIpc) is 2.68. The summed E-state index contributed by atoms with van der Waals surface area (Å²) in [7, 11) is 1.79. The number of nitrogens with zero attached hydrogens (tertiary/aromatic N) is 2. The molecule has 3 N–H and O–H groups in total. The van der Waals surface area contributed by atoms with Crippen molar-refractivity contribution in [2.45, 2.75) is 39.3 Å². The number of guanidine groups is 1. The second-order valence-electron chi connectivity index (χ2n) is 7.09. The average molecular weight is 391 g/mol. The van der Waals surface area contributed by atoms with E-state index in [0.717, 1.165) is 37.5 Å². The molecule has 1 heterocycles. The zero-order valence-electron chi connectivity index (χ0n) is 17.2. The summed E-state index contributed by atoms with van der Waals surface area (Å²) in [5, 5.41) is 3.44. The van der Waals surface area contributed by atoms with Crippen LogP contribution in [0.1, 0.15) is 37.3 Å². The molecule has 1 aliphatic rings. The number of aliphatic imine (C=N–C) groups is 1. The number of primary amides is 1. The van der Waals surface area contributed by atoms with Gasteiger partial charge in [-0.2, -0.15) is 0 Å². The summed E-state index contributed by atoms with van der Waals surface area (Å²) in [6, 6.07) is 8.35. The van der Waals surface area contributed by atoms with Gasteiger partial charge in [-0.15, -0.1) is 0 Å². The minimum absolute atomic E-state index is 0.227. The lowest BCUT2D eigenvalue weighted by Crippen LogP contribution is -2.46. The van der Waals surface area contributed by atoms with E-state index in [1.807, 2.05) is 13.0 Å². The van der Waals surface area contributed by atoms with Crippen molar-refractivity contribution in [2.24, 2.45) is 16.6 Å². The first-order valence-electron chi connectivity index (χ1n) is 10.1. The van der Waals surface area contributed by atoms with Crippen molar-refractivity contribution in [3.05, 3.63) is 35.4 Å². The number of carbonyl (C=O) groups excluding carboxylic acids is 1. The molecule has 0 aliphatic carbocycles. The Balaban J connectivity index is 1.82. The molecule has 1 saturated heterocycles. The molecular weight excluding hydrogens is 356 g/mol. The van der Waals surface area contributed by atoms with E-state index in [1.54, 1.807) is 7.05 Å². The van der Waals surface area contributed by atoms with E-state index >= 15 is 0 Å². The van der Waals surface area contributed by atoms with Crippen LogP contribution in [0, 0.1) is 5.92 Å². The van der Waals surface area contributed by atoms with Crippen LogP contribution in [0.2, 0.25) is 0 Å². The Labute approximate surface area is 168 Å². The van der Waals surface area contributed by atoms with Crippen molar-refractivity contribution >= 4 is 11.9 Å². The van der Waals surface area contributed by atoms with Gasteiger partial charge in [0.1, 0.15) is 0 Å². The second kappa shape index (κ2) is 12.4. The van der Waals surface area contributed by atoms with Crippen LogP contribution in [0.3, 0.4) is 0 Å². The first-order chi connectivity index (χ1) is 13.6. The molecule has 2 rings (SSSR count). The number of rotatable bonds is 10. The normalized spacial score (nSPS) is 17.6. The molecule has 1 atom stereocenters. The Bertz CT molecular complexity index is 636. The van der Waals surface area contributed by atoms with E-state index in [0.29, 0.717) is 45.3 Å². The monoisotopic (exact) mass is 390 g/mol. The predicted molar refractivity (Wildman–Crippen MR) is 111 cm³/mol. The van der Waals surface area contributed by atoms with Gasteiger partial charge in [0, 0.05) is 39.7 Å². The van der Waals surface area contributed by atoms with E-state index in [2.05, 4.69) is 33.4 Å².